The first-order chi connectivity index (χ1) is 22.4. The van der Waals surface area contributed by atoms with E-state index < -0.39 is 5.60 Å². The molecular weight excluding hydrogens is 572 g/mol. The number of carbonyl (C=O) groups is 1. The highest BCUT2D eigenvalue weighted by Gasteiger charge is 2.16. The number of hydrogen-bond acceptors (Lipinski definition) is 4. The van der Waals surface area contributed by atoms with E-state index in [0.717, 1.165) is 32.3 Å². The Labute approximate surface area is 286 Å². The first kappa shape index (κ1) is 44.5. The van der Waals surface area contributed by atoms with Gasteiger partial charge in [-0.05, 0) is 52.0 Å². The van der Waals surface area contributed by atoms with Crippen LogP contribution in [0, 0.1) is 0 Å². The van der Waals surface area contributed by atoms with E-state index in [-0.39, 0.29) is 12.2 Å². The summed E-state index contributed by atoms with van der Waals surface area (Å²) in [6.07, 6.45) is 37.9. The zero-order chi connectivity index (χ0) is 33.8. The number of nitrogens with one attached hydrogen (secondary N) is 1. The van der Waals surface area contributed by atoms with E-state index in [1.807, 2.05) is 20.8 Å². The molecule has 0 spiro atoms. The maximum absolute atomic E-state index is 12.0. The van der Waals surface area contributed by atoms with Crippen molar-refractivity contribution in [3.8, 4) is 0 Å². The average Bonchev–Trinajstić information content (AvgIpc) is 3.01. The second-order valence-corrected chi connectivity index (χ2v) is 14.6. The van der Waals surface area contributed by atoms with Crippen molar-refractivity contribution in [1.29, 1.82) is 0 Å². The highest BCUT2D eigenvalue weighted by atomic mass is 16.6. The second kappa shape index (κ2) is 34.9. The second-order valence-electron chi connectivity index (χ2n) is 14.6. The summed E-state index contributed by atoms with van der Waals surface area (Å²) in [5, 5.41) is 6.51. The van der Waals surface area contributed by atoms with Crippen LogP contribution in [0.25, 0.3) is 10.4 Å². The molecule has 46 heavy (non-hydrogen) atoms. The van der Waals surface area contributed by atoms with Crippen molar-refractivity contribution >= 4 is 6.09 Å². The minimum atomic E-state index is -0.462. The number of nitrogens with zero attached hydrogens (tertiary/aromatic N) is 3. The number of hydrogen-bond donors (Lipinski definition) is 1. The summed E-state index contributed by atoms with van der Waals surface area (Å²) in [5.41, 5.74) is 7.81. The fourth-order valence-corrected chi connectivity index (χ4v) is 6.05. The number of azide groups is 1. The molecule has 0 aliphatic rings. The predicted octanol–water partition coefficient (Wildman–Crippen LogP) is 13.5. The standard InChI is InChI=1S/C39H78N4O3/c1-5-6-7-8-28-31-36-45-37(33-35-41-38(44)46-39(2,3)4)32-29-26-24-22-20-18-16-14-12-10-9-11-13-15-17-19-21-23-25-27-30-34-42-43-40/h37H,5-36H2,1-4H3,(H,41,44). The van der Waals surface area contributed by atoms with Crippen molar-refractivity contribution in [2.75, 3.05) is 19.7 Å². The molecule has 1 N–H and O–H groups in total. The van der Waals surface area contributed by atoms with Crippen LogP contribution >= 0.6 is 0 Å². The van der Waals surface area contributed by atoms with Crippen molar-refractivity contribution in [3.05, 3.63) is 10.4 Å². The van der Waals surface area contributed by atoms with Crippen LogP contribution in [0.15, 0.2) is 5.11 Å². The molecule has 0 heterocycles. The lowest BCUT2D eigenvalue weighted by Gasteiger charge is -2.21. The summed E-state index contributed by atoms with van der Waals surface area (Å²) in [5.74, 6) is 0. The van der Waals surface area contributed by atoms with Gasteiger partial charge < -0.3 is 14.8 Å². The number of amides is 1. The smallest absolute Gasteiger partial charge is 0.407 e. The molecular formula is C39H78N4O3. The molecule has 0 bridgehead atoms. The molecule has 0 aromatic rings. The van der Waals surface area contributed by atoms with Gasteiger partial charge in [-0.1, -0.05) is 173 Å². The molecule has 1 atom stereocenters. The molecule has 272 valence electrons. The average molecular weight is 651 g/mol. The van der Waals surface area contributed by atoms with E-state index in [9.17, 15) is 4.79 Å². The van der Waals surface area contributed by atoms with Gasteiger partial charge in [-0.25, -0.2) is 4.79 Å². The minimum Gasteiger partial charge on any atom is -0.444 e. The number of ether oxygens (including phenoxy) is 2. The lowest BCUT2D eigenvalue weighted by Crippen LogP contribution is -2.34. The van der Waals surface area contributed by atoms with E-state index in [1.54, 1.807) is 0 Å². The fourth-order valence-electron chi connectivity index (χ4n) is 6.05. The highest BCUT2D eigenvalue weighted by Crippen LogP contribution is 2.17. The van der Waals surface area contributed by atoms with Crippen LogP contribution in [0.2, 0.25) is 0 Å². The summed E-state index contributed by atoms with van der Waals surface area (Å²) in [4.78, 5) is 14.8. The van der Waals surface area contributed by atoms with Gasteiger partial charge in [-0.3, -0.25) is 0 Å². The first-order valence-electron chi connectivity index (χ1n) is 20.0. The predicted molar refractivity (Wildman–Crippen MR) is 198 cm³/mol. The Morgan fingerprint density at radius 1 is 0.630 bits per heavy atom. The van der Waals surface area contributed by atoms with Crippen molar-refractivity contribution in [3.63, 3.8) is 0 Å². The van der Waals surface area contributed by atoms with Crippen LogP contribution in [-0.4, -0.2) is 37.5 Å². The third-order valence-electron chi connectivity index (χ3n) is 8.83. The summed E-state index contributed by atoms with van der Waals surface area (Å²) in [6, 6.07) is 0. The fraction of sp³-hybridized carbons (Fsp3) is 0.974. The van der Waals surface area contributed by atoms with Gasteiger partial charge in [-0.15, -0.1) is 0 Å². The minimum absolute atomic E-state index is 0.231. The Hall–Kier alpha value is -1.46. The van der Waals surface area contributed by atoms with Gasteiger partial charge in [0.05, 0.1) is 6.10 Å². The summed E-state index contributed by atoms with van der Waals surface area (Å²) in [6.45, 7) is 10.1. The van der Waals surface area contributed by atoms with Crippen LogP contribution < -0.4 is 5.32 Å². The zero-order valence-electron chi connectivity index (χ0n) is 31.3. The summed E-state index contributed by atoms with van der Waals surface area (Å²) >= 11 is 0. The first-order valence-corrected chi connectivity index (χ1v) is 20.0. The molecule has 1 unspecified atom stereocenters. The third kappa shape index (κ3) is 37.0. The molecule has 0 aliphatic heterocycles. The number of alkyl carbamates (subject to hydrolysis) is 1. The lowest BCUT2D eigenvalue weighted by molar-refractivity contribution is 0.0337. The van der Waals surface area contributed by atoms with Gasteiger partial charge in [0.15, 0.2) is 0 Å². The summed E-state index contributed by atoms with van der Waals surface area (Å²) in [7, 11) is 0. The number of carbonyl (C=O) groups excluding carboxylic acids is 1. The molecule has 0 aromatic heterocycles. The Bertz CT molecular complexity index is 691. The largest absolute Gasteiger partial charge is 0.444 e. The van der Waals surface area contributed by atoms with Gasteiger partial charge >= 0.3 is 6.09 Å². The molecule has 0 aliphatic carbocycles. The Morgan fingerprint density at radius 3 is 1.48 bits per heavy atom. The van der Waals surface area contributed by atoms with Gasteiger partial charge in [0.25, 0.3) is 0 Å². The van der Waals surface area contributed by atoms with E-state index in [1.165, 1.54) is 161 Å². The van der Waals surface area contributed by atoms with E-state index in [2.05, 4.69) is 22.3 Å². The quantitative estimate of drug-likeness (QED) is 0.0320. The van der Waals surface area contributed by atoms with Crippen LogP contribution in [0.1, 0.15) is 214 Å². The van der Waals surface area contributed by atoms with Gasteiger partial charge in [0.2, 0.25) is 0 Å². The van der Waals surface area contributed by atoms with Gasteiger partial charge in [0.1, 0.15) is 5.60 Å². The Morgan fingerprint density at radius 2 is 1.04 bits per heavy atom. The van der Waals surface area contributed by atoms with Crippen molar-refractivity contribution in [2.24, 2.45) is 5.11 Å². The monoisotopic (exact) mass is 651 g/mol. The van der Waals surface area contributed by atoms with Gasteiger partial charge in [-0.2, -0.15) is 0 Å². The molecule has 0 rings (SSSR count). The normalized spacial score (nSPS) is 12.2. The molecule has 7 heteroatoms. The molecule has 0 fully saturated rings. The Kier molecular flexibility index (Phi) is 33.8. The van der Waals surface area contributed by atoms with Crippen LogP contribution in [0.3, 0.4) is 0 Å². The SMILES string of the molecule is CCCCCCCCOC(CCCCCCCCCCCCCCCCCCCCCCCN=[N+]=[N-])CCNC(=O)OC(C)(C)C. The van der Waals surface area contributed by atoms with E-state index in [0.29, 0.717) is 13.1 Å². The van der Waals surface area contributed by atoms with E-state index in [4.69, 9.17) is 15.0 Å². The maximum atomic E-state index is 12.0. The number of unbranched alkanes of at least 4 members (excludes halogenated alkanes) is 25. The topological polar surface area (TPSA) is 96.3 Å². The lowest BCUT2D eigenvalue weighted by atomic mass is 10.0. The third-order valence-corrected chi connectivity index (χ3v) is 8.83. The van der Waals surface area contributed by atoms with Crippen LogP contribution in [-0.2, 0) is 9.47 Å². The van der Waals surface area contributed by atoms with Crippen molar-refractivity contribution in [2.45, 2.75) is 226 Å². The molecule has 0 aromatic carbocycles. The van der Waals surface area contributed by atoms with Crippen molar-refractivity contribution < 1.29 is 14.3 Å². The highest BCUT2D eigenvalue weighted by molar-refractivity contribution is 5.67. The maximum Gasteiger partial charge on any atom is 0.407 e. The van der Waals surface area contributed by atoms with Crippen molar-refractivity contribution in [1.82, 2.24) is 5.32 Å². The molecule has 1 amide bonds. The zero-order valence-corrected chi connectivity index (χ0v) is 31.3. The van der Waals surface area contributed by atoms with Crippen LogP contribution in [0.4, 0.5) is 4.79 Å². The number of rotatable bonds is 35. The molecule has 0 saturated heterocycles. The summed E-state index contributed by atoms with van der Waals surface area (Å²) < 4.78 is 11.7. The molecule has 0 radical (unpaired) electrons. The molecule has 0 saturated carbocycles. The Balaban J connectivity index is 3.67. The van der Waals surface area contributed by atoms with Gasteiger partial charge in [0, 0.05) is 24.6 Å². The van der Waals surface area contributed by atoms with E-state index >= 15 is 0 Å². The van der Waals surface area contributed by atoms with Crippen LogP contribution in [0.5, 0.6) is 0 Å². The molecule has 7 nitrogen and oxygen atoms in total.